The van der Waals surface area contributed by atoms with Crippen LogP contribution < -0.4 is 15.8 Å². The van der Waals surface area contributed by atoms with Crippen molar-refractivity contribution in [1.82, 2.24) is 0 Å². The van der Waals surface area contributed by atoms with Crippen LogP contribution in [0.3, 0.4) is 0 Å². The maximum Gasteiger partial charge on any atom is 0.237 e. The van der Waals surface area contributed by atoms with Crippen molar-refractivity contribution < 1.29 is 9.53 Å². The molecule has 0 saturated heterocycles. The molecule has 1 heterocycles. The van der Waals surface area contributed by atoms with E-state index in [1.54, 1.807) is 18.9 Å². The predicted octanol–water partition coefficient (Wildman–Crippen LogP) is 1.46. The fraction of sp³-hybridized carbons (Fsp3) is 0.364. The first kappa shape index (κ1) is 11.3. The van der Waals surface area contributed by atoms with Crippen LogP contribution in [-0.2, 0) is 4.79 Å². The van der Waals surface area contributed by atoms with Gasteiger partial charge in [0.15, 0.2) is 0 Å². The van der Waals surface area contributed by atoms with Gasteiger partial charge in [-0.05, 0) is 25.1 Å². The van der Waals surface area contributed by atoms with E-state index < -0.39 is 0 Å². The molecule has 4 nitrogen and oxygen atoms in total. The van der Waals surface area contributed by atoms with Crippen LogP contribution in [0.25, 0.3) is 0 Å². The minimum Gasteiger partial charge on any atom is -0.497 e. The summed E-state index contributed by atoms with van der Waals surface area (Å²) in [6, 6.07) is 5.68. The number of ether oxygens (including phenoxy) is 1. The second kappa shape index (κ2) is 4.76. The van der Waals surface area contributed by atoms with Crippen molar-refractivity contribution in [3.05, 3.63) is 18.2 Å². The van der Waals surface area contributed by atoms with Gasteiger partial charge >= 0.3 is 0 Å². The first-order valence-corrected chi connectivity index (χ1v) is 5.98. The van der Waals surface area contributed by atoms with Gasteiger partial charge in [0.2, 0.25) is 5.91 Å². The molecule has 0 fully saturated rings. The first-order chi connectivity index (χ1) is 7.74. The molecule has 1 aliphatic heterocycles. The van der Waals surface area contributed by atoms with Gasteiger partial charge in [-0.25, -0.2) is 0 Å². The van der Waals surface area contributed by atoms with Crippen LogP contribution in [0.5, 0.6) is 5.75 Å². The van der Waals surface area contributed by atoms with Crippen molar-refractivity contribution in [3.8, 4) is 5.75 Å². The SMILES string of the molecule is COc1ccc2c(c1)NC(=O)C(CCN)S2. The molecule has 3 N–H and O–H groups in total. The summed E-state index contributed by atoms with van der Waals surface area (Å²) in [7, 11) is 1.61. The van der Waals surface area contributed by atoms with E-state index in [9.17, 15) is 4.79 Å². The zero-order chi connectivity index (χ0) is 11.5. The van der Waals surface area contributed by atoms with E-state index in [1.165, 1.54) is 0 Å². The number of amides is 1. The average molecular weight is 238 g/mol. The average Bonchev–Trinajstić information content (AvgIpc) is 2.30. The molecule has 1 atom stereocenters. The minimum atomic E-state index is -0.0779. The highest BCUT2D eigenvalue weighted by Gasteiger charge is 2.26. The Hall–Kier alpha value is -1.20. The van der Waals surface area contributed by atoms with Crippen molar-refractivity contribution in [2.24, 2.45) is 5.73 Å². The predicted molar refractivity (Wildman–Crippen MR) is 64.9 cm³/mol. The van der Waals surface area contributed by atoms with E-state index in [1.807, 2.05) is 18.2 Å². The lowest BCUT2D eigenvalue weighted by atomic mass is 10.2. The van der Waals surface area contributed by atoms with Gasteiger partial charge in [0.05, 0.1) is 18.0 Å². The Morgan fingerprint density at radius 1 is 1.56 bits per heavy atom. The first-order valence-electron chi connectivity index (χ1n) is 5.10. The number of nitrogens with two attached hydrogens (primary N) is 1. The number of fused-ring (bicyclic) bond motifs is 1. The number of rotatable bonds is 3. The molecule has 1 aliphatic rings. The quantitative estimate of drug-likeness (QED) is 0.836. The van der Waals surface area contributed by atoms with Gasteiger partial charge in [0, 0.05) is 11.0 Å². The Balaban J connectivity index is 2.24. The highest BCUT2D eigenvalue weighted by molar-refractivity contribution is 8.01. The third kappa shape index (κ3) is 2.15. The summed E-state index contributed by atoms with van der Waals surface area (Å²) in [5.74, 6) is 0.771. The molecule has 86 valence electrons. The maximum atomic E-state index is 11.7. The lowest BCUT2D eigenvalue weighted by molar-refractivity contribution is -0.115. The van der Waals surface area contributed by atoms with Crippen molar-refractivity contribution in [2.45, 2.75) is 16.6 Å². The molecule has 5 heteroatoms. The lowest BCUT2D eigenvalue weighted by Crippen LogP contribution is -2.30. The van der Waals surface area contributed by atoms with Crippen molar-refractivity contribution in [2.75, 3.05) is 19.0 Å². The molecule has 1 aromatic rings. The van der Waals surface area contributed by atoms with Gasteiger partial charge in [0.25, 0.3) is 0 Å². The molecule has 1 amide bonds. The number of carbonyl (C=O) groups is 1. The zero-order valence-electron chi connectivity index (χ0n) is 9.03. The second-order valence-corrected chi connectivity index (χ2v) is 4.78. The van der Waals surface area contributed by atoms with Crippen molar-refractivity contribution >= 4 is 23.4 Å². The van der Waals surface area contributed by atoms with Gasteiger partial charge in [-0.3, -0.25) is 4.79 Å². The van der Waals surface area contributed by atoms with Crippen molar-refractivity contribution in [3.63, 3.8) is 0 Å². The standard InChI is InChI=1S/C11H14N2O2S/c1-15-7-2-3-9-8(6-7)13-11(14)10(16-9)4-5-12/h2-3,6,10H,4-5,12H2,1H3,(H,13,14). The van der Waals surface area contributed by atoms with Gasteiger partial charge < -0.3 is 15.8 Å². The molecular formula is C11H14N2O2S. The number of carbonyl (C=O) groups excluding carboxylic acids is 1. The second-order valence-electron chi connectivity index (χ2n) is 3.54. The van der Waals surface area contributed by atoms with Crippen molar-refractivity contribution in [1.29, 1.82) is 0 Å². The molecule has 0 saturated carbocycles. The van der Waals surface area contributed by atoms with Gasteiger partial charge in [-0.2, -0.15) is 0 Å². The third-order valence-electron chi connectivity index (χ3n) is 2.44. The molecule has 0 aromatic heterocycles. The third-order valence-corrected chi connectivity index (χ3v) is 3.78. The largest absolute Gasteiger partial charge is 0.497 e. The Kier molecular flexibility index (Phi) is 3.36. The van der Waals surface area contributed by atoms with Crippen LogP contribution in [0.2, 0.25) is 0 Å². The van der Waals surface area contributed by atoms with E-state index >= 15 is 0 Å². The monoisotopic (exact) mass is 238 g/mol. The van der Waals surface area contributed by atoms with E-state index in [0.29, 0.717) is 13.0 Å². The molecule has 0 spiro atoms. The molecule has 1 unspecified atom stereocenters. The van der Waals surface area contributed by atoms with Crippen LogP contribution in [0, 0.1) is 0 Å². The number of anilines is 1. The summed E-state index contributed by atoms with van der Waals surface area (Å²) >= 11 is 1.56. The summed E-state index contributed by atoms with van der Waals surface area (Å²) in [5, 5.41) is 2.80. The Bertz CT molecular complexity index is 409. The maximum absolute atomic E-state index is 11.7. The smallest absolute Gasteiger partial charge is 0.237 e. The Morgan fingerprint density at radius 2 is 2.38 bits per heavy atom. The number of thioether (sulfide) groups is 1. The number of hydrogen-bond acceptors (Lipinski definition) is 4. The van der Waals surface area contributed by atoms with Gasteiger partial charge in [0.1, 0.15) is 5.75 Å². The summed E-state index contributed by atoms with van der Waals surface area (Å²) in [4.78, 5) is 12.8. The molecule has 0 radical (unpaired) electrons. The highest BCUT2D eigenvalue weighted by atomic mass is 32.2. The molecule has 2 rings (SSSR count). The topological polar surface area (TPSA) is 64.3 Å². The molecule has 0 bridgehead atoms. The molecule has 1 aromatic carbocycles. The highest BCUT2D eigenvalue weighted by Crippen LogP contribution is 2.38. The lowest BCUT2D eigenvalue weighted by Gasteiger charge is -2.23. The molecule has 16 heavy (non-hydrogen) atoms. The summed E-state index contributed by atoms with van der Waals surface area (Å²) in [5.41, 5.74) is 6.30. The van der Waals surface area contributed by atoms with E-state index in [0.717, 1.165) is 16.3 Å². The van der Waals surface area contributed by atoms with Crippen LogP contribution in [0.15, 0.2) is 23.1 Å². The molecule has 0 aliphatic carbocycles. The Morgan fingerprint density at radius 3 is 3.06 bits per heavy atom. The van der Waals surface area contributed by atoms with Crippen LogP contribution in [0.1, 0.15) is 6.42 Å². The fourth-order valence-corrected chi connectivity index (χ4v) is 2.71. The van der Waals surface area contributed by atoms with E-state index in [-0.39, 0.29) is 11.2 Å². The van der Waals surface area contributed by atoms with Crippen LogP contribution in [0.4, 0.5) is 5.69 Å². The zero-order valence-corrected chi connectivity index (χ0v) is 9.84. The summed E-state index contributed by atoms with van der Waals surface area (Å²) in [6.45, 7) is 0.524. The number of hydrogen-bond donors (Lipinski definition) is 2. The fourth-order valence-electron chi connectivity index (χ4n) is 1.60. The minimum absolute atomic E-state index is 0.0243. The summed E-state index contributed by atoms with van der Waals surface area (Å²) < 4.78 is 5.11. The van der Waals surface area contributed by atoms with Gasteiger partial charge in [-0.1, -0.05) is 0 Å². The van der Waals surface area contributed by atoms with Crippen LogP contribution >= 0.6 is 11.8 Å². The normalized spacial score (nSPS) is 18.9. The van der Waals surface area contributed by atoms with Gasteiger partial charge in [-0.15, -0.1) is 11.8 Å². The van der Waals surface area contributed by atoms with E-state index in [4.69, 9.17) is 10.5 Å². The number of methoxy groups -OCH3 is 1. The molecular weight excluding hydrogens is 224 g/mol. The number of nitrogens with one attached hydrogen (secondary N) is 1. The Labute approximate surface area is 98.5 Å². The number of benzene rings is 1. The summed E-state index contributed by atoms with van der Waals surface area (Å²) in [6.07, 6.45) is 0.696. The van der Waals surface area contributed by atoms with Crippen LogP contribution in [-0.4, -0.2) is 24.8 Å². The van der Waals surface area contributed by atoms with E-state index in [2.05, 4.69) is 5.32 Å².